The molecule has 2 heterocycles. The van der Waals surface area contributed by atoms with Crippen LogP contribution in [0.4, 0.5) is 0 Å². The number of fused-ring (bicyclic) bond motifs is 8. The monoisotopic (exact) mass is 602 g/mol. The maximum atomic E-state index is 6.34. The molecule has 10 aromatic rings. The number of thiophene rings is 1. The fraction of sp³-hybridized carbons (Fsp3) is 0. The molecule has 46 heavy (non-hydrogen) atoms. The number of benzene rings is 8. The molecule has 0 aliphatic rings. The van der Waals surface area contributed by atoms with Crippen molar-refractivity contribution in [3.63, 3.8) is 0 Å². The molecule has 0 saturated carbocycles. The summed E-state index contributed by atoms with van der Waals surface area (Å²) in [5.74, 6) is 0. The lowest BCUT2D eigenvalue weighted by Gasteiger charge is -2.19. The maximum absolute atomic E-state index is 6.34. The molecule has 0 radical (unpaired) electrons. The van der Waals surface area contributed by atoms with E-state index in [1.807, 2.05) is 17.6 Å². The highest BCUT2D eigenvalue weighted by molar-refractivity contribution is 7.27. The molecule has 0 amide bonds. The van der Waals surface area contributed by atoms with Crippen molar-refractivity contribution in [3.8, 4) is 33.4 Å². The molecule has 0 atom stereocenters. The molecule has 0 unspecified atom stereocenters. The first-order valence-corrected chi connectivity index (χ1v) is 16.5. The average Bonchev–Trinajstić information content (AvgIpc) is 3.73. The molecular formula is C44H26OS. The van der Waals surface area contributed by atoms with Gasteiger partial charge >= 0.3 is 0 Å². The van der Waals surface area contributed by atoms with Crippen LogP contribution in [-0.4, -0.2) is 0 Å². The molecule has 0 spiro atoms. The summed E-state index contributed by atoms with van der Waals surface area (Å²) in [6.07, 6.45) is 1.91. The Balaban J connectivity index is 1.30. The van der Waals surface area contributed by atoms with Crippen molar-refractivity contribution in [2.45, 2.75) is 0 Å². The van der Waals surface area contributed by atoms with Crippen LogP contribution in [0, 0.1) is 0 Å². The molecule has 0 N–H and O–H groups in total. The quantitative estimate of drug-likeness (QED) is 0.183. The van der Waals surface area contributed by atoms with Crippen molar-refractivity contribution >= 4 is 74.8 Å². The summed E-state index contributed by atoms with van der Waals surface area (Å²) in [5, 5.41) is 11.3. The SMILES string of the molecule is c1ccc(-c2coc3c2ccc2c4cccc(-c5c6ccccc6c(-c6cccc7ccccc67)c6ccccc56)c4sc23)cc1. The van der Waals surface area contributed by atoms with Crippen molar-refractivity contribution in [3.05, 3.63) is 158 Å². The molecule has 0 bridgehead atoms. The fourth-order valence-electron chi connectivity index (χ4n) is 7.54. The van der Waals surface area contributed by atoms with Gasteiger partial charge in [-0.3, -0.25) is 0 Å². The summed E-state index contributed by atoms with van der Waals surface area (Å²) < 4.78 is 8.83. The average molecular weight is 603 g/mol. The van der Waals surface area contributed by atoms with Gasteiger partial charge in [-0.25, -0.2) is 0 Å². The Kier molecular flexibility index (Phi) is 5.51. The number of hydrogen-bond donors (Lipinski definition) is 0. The predicted octanol–water partition coefficient (Wildman–Crippen LogP) is 13.3. The van der Waals surface area contributed by atoms with Gasteiger partial charge in [-0.1, -0.05) is 146 Å². The van der Waals surface area contributed by atoms with Gasteiger partial charge in [0.2, 0.25) is 0 Å². The van der Waals surface area contributed by atoms with Crippen LogP contribution in [0.15, 0.2) is 162 Å². The molecule has 8 aromatic carbocycles. The highest BCUT2D eigenvalue weighted by Crippen LogP contribution is 2.50. The van der Waals surface area contributed by atoms with Gasteiger partial charge in [-0.05, 0) is 60.6 Å². The zero-order valence-electron chi connectivity index (χ0n) is 24.8. The number of furan rings is 1. The van der Waals surface area contributed by atoms with Gasteiger partial charge in [0.25, 0.3) is 0 Å². The third kappa shape index (κ3) is 3.62. The summed E-state index contributed by atoms with van der Waals surface area (Å²) in [6.45, 7) is 0. The molecule has 2 heteroatoms. The summed E-state index contributed by atoms with van der Waals surface area (Å²) in [4.78, 5) is 0. The van der Waals surface area contributed by atoms with E-state index in [1.54, 1.807) is 0 Å². The largest absolute Gasteiger partial charge is 0.462 e. The van der Waals surface area contributed by atoms with E-state index in [-0.39, 0.29) is 0 Å². The van der Waals surface area contributed by atoms with Crippen LogP contribution < -0.4 is 0 Å². The summed E-state index contributed by atoms with van der Waals surface area (Å²) in [7, 11) is 0. The molecule has 0 aliphatic heterocycles. The van der Waals surface area contributed by atoms with Gasteiger partial charge in [-0.2, -0.15) is 0 Å². The molecule has 0 saturated heterocycles. The molecule has 10 rings (SSSR count). The van der Waals surface area contributed by atoms with E-state index in [0.29, 0.717) is 0 Å². The number of rotatable bonds is 3. The van der Waals surface area contributed by atoms with E-state index >= 15 is 0 Å². The first kappa shape index (κ1) is 25.6. The molecule has 214 valence electrons. The highest BCUT2D eigenvalue weighted by atomic mass is 32.1. The van der Waals surface area contributed by atoms with E-state index in [0.717, 1.165) is 16.5 Å². The van der Waals surface area contributed by atoms with E-state index in [1.165, 1.54) is 80.3 Å². The Bertz CT molecular complexity index is 2740. The van der Waals surface area contributed by atoms with Gasteiger partial charge in [0, 0.05) is 32.0 Å². The van der Waals surface area contributed by atoms with Crippen molar-refractivity contribution in [1.29, 1.82) is 0 Å². The van der Waals surface area contributed by atoms with Crippen LogP contribution in [0.3, 0.4) is 0 Å². The highest BCUT2D eigenvalue weighted by Gasteiger charge is 2.21. The van der Waals surface area contributed by atoms with Crippen LogP contribution >= 0.6 is 11.3 Å². The minimum absolute atomic E-state index is 0.963. The zero-order chi connectivity index (χ0) is 30.2. The second-order valence-electron chi connectivity index (χ2n) is 12.0. The van der Waals surface area contributed by atoms with Gasteiger partial charge in [-0.15, -0.1) is 11.3 Å². The van der Waals surface area contributed by atoms with Crippen molar-refractivity contribution in [2.24, 2.45) is 0 Å². The molecule has 1 nitrogen and oxygen atoms in total. The first-order valence-electron chi connectivity index (χ1n) is 15.7. The van der Waals surface area contributed by atoms with E-state index < -0.39 is 0 Å². The van der Waals surface area contributed by atoms with Gasteiger partial charge < -0.3 is 4.42 Å². The lowest BCUT2D eigenvalue weighted by Crippen LogP contribution is -1.91. The van der Waals surface area contributed by atoms with Crippen LogP contribution in [-0.2, 0) is 0 Å². The summed E-state index contributed by atoms with van der Waals surface area (Å²) in [6, 6.07) is 55.1. The summed E-state index contributed by atoms with van der Waals surface area (Å²) >= 11 is 1.85. The second-order valence-corrected chi connectivity index (χ2v) is 13.0. The van der Waals surface area contributed by atoms with Crippen LogP contribution in [0.2, 0.25) is 0 Å². The maximum Gasteiger partial charge on any atom is 0.152 e. The minimum Gasteiger partial charge on any atom is -0.462 e. The third-order valence-corrected chi connectivity index (χ3v) is 10.8. The van der Waals surface area contributed by atoms with Crippen LogP contribution in [0.5, 0.6) is 0 Å². The van der Waals surface area contributed by atoms with Gasteiger partial charge in [0.1, 0.15) is 0 Å². The molecule has 0 aliphatic carbocycles. The van der Waals surface area contributed by atoms with Crippen molar-refractivity contribution in [2.75, 3.05) is 0 Å². The lowest BCUT2D eigenvalue weighted by molar-refractivity contribution is 0.621. The normalized spacial score (nSPS) is 11.9. The Morgan fingerprint density at radius 1 is 0.348 bits per heavy atom. The topological polar surface area (TPSA) is 13.1 Å². The van der Waals surface area contributed by atoms with E-state index in [9.17, 15) is 0 Å². The Morgan fingerprint density at radius 3 is 1.61 bits per heavy atom. The van der Waals surface area contributed by atoms with Gasteiger partial charge in [0.15, 0.2) is 5.58 Å². The fourth-order valence-corrected chi connectivity index (χ4v) is 8.85. The second kappa shape index (κ2) is 9.90. The predicted molar refractivity (Wildman–Crippen MR) is 198 cm³/mol. The van der Waals surface area contributed by atoms with Crippen LogP contribution in [0.1, 0.15) is 0 Å². The molecule has 2 aromatic heterocycles. The van der Waals surface area contributed by atoms with E-state index in [2.05, 4.69) is 152 Å². The van der Waals surface area contributed by atoms with Crippen molar-refractivity contribution < 1.29 is 4.42 Å². The first-order chi connectivity index (χ1) is 22.8. The van der Waals surface area contributed by atoms with E-state index in [4.69, 9.17) is 4.42 Å². The Labute approximate surface area is 269 Å². The van der Waals surface area contributed by atoms with Crippen LogP contribution in [0.25, 0.3) is 96.8 Å². The van der Waals surface area contributed by atoms with Crippen molar-refractivity contribution in [1.82, 2.24) is 0 Å². The minimum atomic E-state index is 0.963. The molecule has 0 fully saturated rings. The molecular weight excluding hydrogens is 577 g/mol. The zero-order valence-corrected chi connectivity index (χ0v) is 25.6. The lowest BCUT2D eigenvalue weighted by atomic mass is 9.84. The summed E-state index contributed by atoms with van der Waals surface area (Å²) in [5.41, 5.74) is 8.38. The van der Waals surface area contributed by atoms with Gasteiger partial charge in [0.05, 0.1) is 11.0 Å². The Morgan fingerprint density at radius 2 is 0.870 bits per heavy atom. The third-order valence-electron chi connectivity index (χ3n) is 9.55. The number of hydrogen-bond acceptors (Lipinski definition) is 2. The smallest absolute Gasteiger partial charge is 0.152 e. The Hall–Kier alpha value is -5.70. The standard InChI is InChI=1S/C44H26OS/c1-2-12-28(13-3-1)39-26-45-42-35(39)24-25-37-36-22-11-23-38(43(36)46-44(37)42)41-33-19-8-6-17-31(33)40(32-18-7-9-20-34(32)41)30-21-10-15-27-14-4-5-16-29(27)30/h1-26H.